The Morgan fingerprint density at radius 3 is 2.80 bits per heavy atom. The van der Waals surface area contributed by atoms with Gasteiger partial charge in [-0.15, -0.1) is 0 Å². The third-order valence-electron chi connectivity index (χ3n) is 4.55. The lowest BCUT2D eigenvalue weighted by atomic mass is 10.1. The standard InChI is InChI=1S/C18H17F3N6O3/c19-18(20,21)12-7-24-17(25-10-1-2-13-9(3-10)4-14(28)26-13)27-16(12)23-6-11-5-22-15(29)8-30-11/h1-3,7,11H,4-6,8H2,(H,22,29)(H,26,28)(H2,23,24,25,27). The van der Waals surface area contributed by atoms with Crippen LogP contribution in [0, 0.1) is 0 Å². The number of anilines is 4. The Labute approximate surface area is 168 Å². The van der Waals surface area contributed by atoms with Gasteiger partial charge in [-0.2, -0.15) is 18.2 Å². The molecule has 1 fully saturated rings. The molecule has 4 N–H and O–H groups in total. The van der Waals surface area contributed by atoms with Crippen molar-refractivity contribution in [2.75, 3.05) is 35.6 Å². The summed E-state index contributed by atoms with van der Waals surface area (Å²) >= 11 is 0. The van der Waals surface area contributed by atoms with Crippen LogP contribution in [0.3, 0.4) is 0 Å². The monoisotopic (exact) mass is 422 g/mol. The number of morpholine rings is 1. The van der Waals surface area contributed by atoms with Crippen LogP contribution in [0.25, 0.3) is 0 Å². The summed E-state index contributed by atoms with van der Waals surface area (Å²) in [6.45, 7) is 0.0580. The van der Waals surface area contributed by atoms with E-state index in [2.05, 4.69) is 31.2 Å². The molecule has 0 spiro atoms. The lowest BCUT2D eigenvalue weighted by molar-refractivity contribution is -0.137. The van der Waals surface area contributed by atoms with Gasteiger partial charge in [-0.3, -0.25) is 9.59 Å². The highest BCUT2D eigenvalue weighted by Crippen LogP contribution is 2.34. The molecule has 1 unspecified atom stereocenters. The van der Waals surface area contributed by atoms with Gasteiger partial charge in [0, 0.05) is 30.7 Å². The van der Waals surface area contributed by atoms with Crippen molar-refractivity contribution in [2.45, 2.75) is 18.7 Å². The minimum atomic E-state index is -4.65. The van der Waals surface area contributed by atoms with Crippen LogP contribution in [-0.2, 0) is 26.9 Å². The van der Waals surface area contributed by atoms with Gasteiger partial charge in [0.15, 0.2) is 0 Å². The van der Waals surface area contributed by atoms with E-state index in [0.717, 1.165) is 5.56 Å². The molecule has 3 heterocycles. The highest BCUT2D eigenvalue weighted by molar-refractivity contribution is 5.99. The van der Waals surface area contributed by atoms with E-state index in [1.807, 2.05) is 0 Å². The van der Waals surface area contributed by atoms with E-state index in [0.29, 0.717) is 17.6 Å². The number of ether oxygens (including phenoxy) is 1. The van der Waals surface area contributed by atoms with Crippen LogP contribution in [0.4, 0.5) is 36.3 Å². The summed E-state index contributed by atoms with van der Waals surface area (Å²) in [4.78, 5) is 30.3. The normalized spacial score (nSPS) is 18.4. The van der Waals surface area contributed by atoms with E-state index >= 15 is 0 Å². The summed E-state index contributed by atoms with van der Waals surface area (Å²) in [6, 6.07) is 5.07. The van der Waals surface area contributed by atoms with Crippen LogP contribution >= 0.6 is 0 Å². The molecule has 2 aromatic rings. The average Bonchev–Trinajstić information content (AvgIpc) is 3.06. The SMILES string of the molecule is O=C1COC(CNc2nc(Nc3ccc4c(c3)CC(=O)N4)ncc2C(F)(F)F)CN1. The summed E-state index contributed by atoms with van der Waals surface area (Å²) in [5.74, 6) is -0.846. The number of fused-ring (bicyclic) bond motifs is 1. The molecule has 4 rings (SSSR count). The minimum Gasteiger partial charge on any atom is -0.367 e. The third-order valence-corrected chi connectivity index (χ3v) is 4.55. The Morgan fingerprint density at radius 1 is 1.23 bits per heavy atom. The molecular formula is C18H17F3N6O3. The predicted octanol–water partition coefficient (Wildman–Crippen LogP) is 1.66. The first-order chi connectivity index (χ1) is 14.3. The largest absolute Gasteiger partial charge is 0.421 e. The first-order valence-electron chi connectivity index (χ1n) is 9.04. The van der Waals surface area contributed by atoms with E-state index in [-0.39, 0.29) is 43.9 Å². The Hall–Kier alpha value is -3.41. The smallest absolute Gasteiger partial charge is 0.367 e. The number of hydrogen-bond acceptors (Lipinski definition) is 7. The molecule has 9 nitrogen and oxygen atoms in total. The van der Waals surface area contributed by atoms with Gasteiger partial charge in [0.1, 0.15) is 18.0 Å². The number of halogens is 3. The molecule has 0 saturated carbocycles. The minimum absolute atomic E-state index is 0.0203. The van der Waals surface area contributed by atoms with Gasteiger partial charge >= 0.3 is 6.18 Å². The molecule has 1 saturated heterocycles. The number of rotatable bonds is 5. The van der Waals surface area contributed by atoms with Gasteiger partial charge in [0.25, 0.3) is 0 Å². The fourth-order valence-corrected chi connectivity index (χ4v) is 3.09. The maximum absolute atomic E-state index is 13.3. The quantitative estimate of drug-likeness (QED) is 0.579. The van der Waals surface area contributed by atoms with E-state index in [9.17, 15) is 22.8 Å². The zero-order valence-corrected chi connectivity index (χ0v) is 15.5. The van der Waals surface area contributed by atoms with Crippen molar-refractivity contribution in [3.63, 3.8) is 0 Å². The van der Waals surface area contributed by atoms with Crippen LogP contribution in [0.5, 0.6) is 0 Å². The second kappa shape index (κ2) is 7.78. The molecule has 2 aliphatic heterocycles. The zero-order chi connectivity index (χ0) is 21.3. The number of amides is 2. The lowest BCUT2D eigenvalue weighted by Crippen LogP contribution is -2.45. The molecule has 1 aromatic heterocycles. The summed E-state index contributed by atoms with van der Waals surface area (Å²) in [5, 5.41) is 10.8. The molecule has 1 atom stereocenters. The molecule has 12 heteroatoms. The summed E-state index contributed by atoms with van der Waals surface area (Å²) in [7, 11) is 0. The second-order valence-electron chi connectivity index (χ2n) is 6.79. The van der Waals surface area contributed by atoms with Gasteiger partial charge in [-0.1, -0.05) is 0 Å². The number of carbonyl (C=O) groups excluding carboxylic acids is 2. The molecule has 0 radical (unpaired) electrons. The second-order valence-corrected chi connectivity index (χ2v) is 6.79. The van der Waals surface area contributed by atoms with Crippen LogP contribution < -0.4 is 21.3 Å². The highest BCUT2D eigenvalue weighted by atomic mass is 19.4. The number of aromatic nitrogens is 2. The maximum Gasteiger partial charge on any atom is 0.421 e. The van der Waals surface area contributed by atoms with Gasteiger partial charge in [0.05, 0.1) is 12.5 Å². The van der Waals surface area contributed by atoms with Crippen molar-refractivity contribution in [3.8, 4) is 0 Å². The summed E-state index contributed by atoms with van der Waals surface area (Å²) < 4.78 is 45.3. The predicted molar refractivity (Wildman–Crippen MR) is 100 cm³/mol. The Kier molecular flexibility index (Phi) is 5.16. The van der Waals surface area contributed by atoms with Gasteiger partial charge < -0.3 is 26.0 Å². The number of nitrogens with zero attached hydrogens (tertiary/aromatic N) is 2. The fraction of sp³-hybridized carbons (Fsp3) is 0.333. The van der Waals surface area contributed by atoms with Crippen LogP contribution in [0.2, 0.25) is 0 Å². The molecule has 2 aliphatic rings. The van der Waals surface area contributed by atoms with Crippen LogP contribution in [0.1, 0.15) is 11.1 Å². The summed E-state index contributed by atoms with van der Waals surface area (Å²) in [6.07, 6.45) is -4.22. The number of carbonyl (C=O) groups is 2. The number of alkyl halides is 3. The van der Waals surface area contributed by atoms with Crippen LogP contribution in [0.15, 0.2) is 24.4 Å². The molecule has 1 aromatic carbocycles. The first-order valence-corrected chi connectivity index (χ1v) is 9.04. The Balaban J connectivity index is 1.51. The first kappa shape index (κ1) is 19.9. The van der Waals surface area contributed by atoms with Crippen molar-refractivity contribution in [1.29, 1.82) is 0 Å². The van der Waals surface area contributed by atoms with Crippen LogP contribution in [-0.4, -0.2) is 47.6 Å². The van der Waals surface area contributed by atoms with E-state index in [1.165, 1.54) is 0 Å². The molecule has 30 heavy (non-hydrogen) atoms. The molecular weight excluding hydrogens is 405 g/mol. The number of hydrogen-bond donors (Lipinski definition) is 4. The molecule has 0 aliphatic carbocycles. The highest BCUT2D eigenvalue weighted by Gasteiger charge is 2.35. The van der Waals surface area contributed by atoms with Gasteiger partial charge in [-0.25, -0.2) is 4.98 Å². The van der Waals surface area contributed by atoms with Crippen molar-refractivity contribution in [1.82, 2.24) is 15.3 Å². The van der Waals surface area contributed by atoms with E-state index in [1.54, 1.807) is 18.2 Å². The zero-order valence-electron chi connectivity index (χ0n) is 15.5. The van der Waals surface area contributed by atoms with E-state index in [4.69, 9.17) is 4.74 Å². The topological polar surface area (TPSA) is 117 Å². The number of nitrogens with one attached hydrogen (secondary N) is 4. The summed E-state index contributed by atoms with van der Waals surface area (Å²) in [5.41, 5.74) is 0.985. The fourth-order valence-electron chi connectivity index (χ4n) is 3.09. The third kappa shape index (κ3) is 4.43. The molecule has 158 valence electrons. The molecule has 0 bridgehead atoms. The maximum atomic E-state index is 13.3. The van der Waals surface area contributed by atoms with Crippen molar-refractivity contribution < 1.29 is 27.5 Å². The Bertz CT molecular complexity index is 988. The van der Waals surface area contributed by atoms with Crippen molar-refractivity contribution in [3.05, 3.63) is 35.5 Å². The Morgan fingerprint density at radius 2 is 2.07 bits per heavy atom. The molecule has 2 amide bonds. The van der Waals surface area contributed by atoms with Crippen molar-refractivity contribution in [2.24, 2.45) is 0 Å². The lowest BCUT2D eigenvalue weighted by Gasteiger charge is -2.24. The van der Waals surface area contributed by atoms with Gasteiger partial charge in [-0.05, 0) is 23.8 Å². The van der Waals surface area contributed by atoms with Crippen molar-refractivity contribution >= 4 is 35.0 Å². The average molecular weight is 422 g/mol. The number of benzene rings is 1. The van der Waals surface area contributed by atoms with E-state index < -0.39 is 23.7 Å². The van der Waals surface area contributed by atoms with Gasteiger partial charge in [0.2, 0.25) is 17.8 Å².